The molecule has 0 radical (unpaired) electrons. The second kappa shape index (κ2) is 6.88. The van der Waals surface area contributed by atoms with Crippen molar-refractivity contribution in [3.8, 4) is 0 Å². The molecule has 2 fully saturated rings. The van der Waals surface area contributed by atoms with Crippen molar-refractivity contribution in [3.63, 3.8) is 0 Å². The van der Waals surface area contributed by atoms with Gasteiger partial charge in [0, 0.05) is 31.6 Å². The van der Waals surface area contributed by atoms with Gasteiger partial charge in [0.15, 0.2) is 0 Å². The number of ether oxygens (including phenoxy) is 1. The first-order chi connectivity index (χ1) is 12.7. The van der Waals surface area contributed by atoms with Crippen LogP contribution in [0.3, 0.4) is 0 Å². The predicted octanol–water partition coefficient (Wildman–Crippen LogP) is 1.60. The molecule has 0 aliphatic carbocycles. The van der Waals surface area contributed by atoms with Crippen LogP contribution in [0.25, 0.3) is 0 Å². The Hall–Kier alpha value is -2.73. The molecule has 2 amide bonds. The topological polar surface area (TPSA) is 71.5 Å². The Balaban J connectivity index is 1.68. The minimum absolute atomic E-state index is 0.0292. The van der Waals surface area contributed by atoms with E-state index in [4.69, 9.17) is 4.74 Å². The first-order valence-corrected chi connectivity index (χ1v) is 8.82. The van der Waals surface area contributed by atoms with Crippen molar-refractivity contribution in [2.45, 2.75) is 17.9 Å². The zero-order chi connectivity index (χ0) is 18.0. The van der Waals surface area contributed by atoms with Gasteiger partial charge in [-0.1, -0.05) is 36.4 Å². The molecule has 0 saturated carbocycles. The van der Waals surface area contributed by atoms with E-state index in [9.17, 15) is 9.59 Å². The van der Waals surface area contributed by atoms with Gasteiger partial charge in [-0.05, 0) is 17.7 Å². The number of nitrogens with one attached hydrogen (secondary N) is 1. The molecule has 2 aliphatic rings. The van der Waals surface area contributed by atoms with Crippen LogP contribution in [0, 0.1) is 0 Å². The lowest BCUT2D eigenvalue weighted by atomic mass is 9.82. The lowest BCUT2D eigenvalue weighted by Crippen LogP contribution is -2.55. The Labute approximate surface area is 152 Å². The quantitative estimate of drug-likeness (QED) is 0.892. The van der Waals surface area contributed by atoms with E-state index in [1.165, 1.54) is 0 Å². The summed E-state index contributed by atoms with van der Waals surface area (Å²) in [4.78, 5) is 31.1. The van der Waals surface area contributed by atoms with Gasteiger partial charge in [0.25, 0.3) is 5.91 Å². The highest BCUT2D eigenvalue weighted by atomic mass is 16.5. The largest absolute Gasteiger partial charge is 0.378 e. The van der Waals surface area contributed by atoms with Crippen molar-refractivity contribution < 1.29 is 14.3 Å². The maximum atomic E-state index is 12.9. The monoisotopic (exact) mass is 351 g/mol. The summed E-state index contributed by atoms with van der Waals surface area (Å²) >= 11 is 0. The lowest BCUT2D eigenvalue weighted by molar-refractivity contribution is -0.122. The summed E-state index contributed by atoms with van der Waals surface area (Å²) < 4.78 is 5.75. The Morgan fingerprint density at radius 3 is 2.77 bits per heavy atom. The normalized spacial score (nSPS) is 25.8. The van der Waals surface area contributed by atoms with Crippen molar-refractivity contribution in [2.75, 3.05) is 26.3 Å². The van der Waals surface area contributed by atoms with E-state index in [2.05, 4.69) is 10.3 Å². The van der Waals surface area contributed by atoms with Crippen LogP contribution in [-0.2, 0) is 9.53 Å². The number of benzene rings is 1. The van der Waals surface area contributed by atoms with Crippen molar-refractivity contribution in [2.24, 2.45) is 0 Å². The van der Waals surface area contributed by atoms with Crippen LogP contribution in [0.1, 0.15) is 28.4 Å². The van der Waals surface area contributed by atoms with Gasteiger partial charge in [-0.3, -0.25) is 14.6 Å². The van der Waals surface area contributed by atoms with Crippen molar-refractivity contribution in [3.05, 3.63) is 66.0 Å². The summed E-state index contributed by atoms with van der Waals surface area (Å²) in [5.74, 6) is -0.184. The first-order valence-electron chi connectivity index (χ1n) is 8.82. The van der Waals surface area contributed by atoms with Crippen LogP contribution in [0.4, 0.5) is 0 Å². The third-order valence-corrected chi connectivity index (χ3v) is 5.14. The molecular formula is C20H21N3O3. The van der Waals surface area contributed by atoms with Crippen LogP contribution >= 0.6 is 0 Å². The summed E-state index contributed by atoms with van der Waals surface area (Å²) in [5, 5.41) is 3.16. The van der Waals surface area contributed by atoms with Crippen LogP contribution in [0.15, 0.2) is 54.7 Å². The minimum Gasteiger partial charge on any atom is -0.378 e. The van der Waals surface area contributed by atoms with Crippen LogP contribution < -0.4 is 5.32 Å². The molecule has 1 aromatic carbocycles. The third-order valence-electron chi connectivity index (χ3n) is 5.14. The van der Waals surface area contributed by atoms with Gasteiger partial charge < -0.3 is 15.0 Å². The molecule has 1 aromatic heterocycles. The summed E-state index contributed by atoms with van der Waals surface area (Å²) in [5.41, 5.74) is 0.895. The molecule has 2 aliphatic heterocycles. The maximum absolute atomic E-state index is 12.9. The fraction of sp³-hybridized carbons (Fsp3) is 0.350. The van der Waals surface area contributed by atoms with Gasteiger partial charge in [-0.2, -0.15) is 0 Å². The van der Waals surface area contributed by atoms with E-state index in [-0.39, 0.29) is 17.7 Å². The van der Waals surface area contributed by atoms with Crippen molar-refractivity contribution in [1.29, 1.82) is 0 Å². The Kier molecular flexibility index (Phi) is 4.42. The summed E-state index contributed by atoms with van der Waals surface area (Å²) in [6.45, 7) is 1.73. The number of carbonyl (C=O) groups is 2. The van der Waals surface area contributed by atoms with E-state index < -0.39 is 5.54 Å². The molecule has 0 unspecified atom stereocenters. The standard InChI is InChI=1S/C20H21N3O3/c24-18-9-11-26-14-20(22-18)13-23(19(25)17-8-4-5-10-21-17)12-16(20)15-6-2-1-3-7-15/h1-8,10,16H,9,11-14H2,(H,22,24)/t16-,20-/m0/s1. The van der Waals surface area contributed by atoms with Gasteiger partial charge in [0.1, 0.15) is 5.69 Å². The number of aromatic nitrogens is 1. The van der Waals surface area contributed by atoms with E-state index in [1.807, 2.05) is 30.3 Å². The molecule has 1 spiro atoms. The zero-order valence-electron chi connectivity index (χ0n) is 14.4. The van der Waals surface area contributed by atoms with E-state index in [0.29, 0.717) is 38.4 Å². The lowest BCUT2D eigenvalue weighted by Gasteiger charge is -2.33. The number of hydrogen-bond acceptors (Lipinski definition) is 4. The molecule has 0 bridgehead atoms. The molecule has 134 valence electrons. The average Bonchev–Trinajstić information content (AvgIpc) is 2.94. The number of likely N-dealkylation sites (tertiary alicyclic amines) is 1. The predicted molar refractivity (Wildman–Crippen MR) is 95.6 cm³/mol. The summed E-state index contributed by atoms with van der Waals surface area (Å²) in [6, 6.07) is 15.3. The number of nitrogens with zero attached hydrogens (tertiary/aromatic N) is 2. The van der Waals surface area contributed by atoms with Gasteiger partial charge >= 0.3 is 0 Å². The molecule has 3 heterocycles. The number of amides is 2. The molecule has 4 rings (SSSR count). The van der Waals surface area contributed by atoms with Crippen molar-refractivity contribution in [1.82, 2.24) is 15.2 Å². The number of hydrogen-bond donors (Lipinski definition) is 1. The fourth-order valence-corrected chi connectivity index (χ4v) is 3.89. The van der Waals surface area contributed by atoms with Gasteiger partial charge in [-0.25, -0.2) is 0 Å². The molecule has 6 heteroatoms. The minimum atomic E-state index is -0.612. The van der Waals surface area contributed by atoms with Gasteiger partial charge in [0.05, 0.1) is 18.8 Å². The highest BCUT2D eigenvalue weighted by Gasteiger charge is 2.50. The molecular weight excluding hydrogens is 330 g/mol. The van der Waals surface area contributed by atoms with Gasteiger partial charge in [-0.15, -0.1) is 0 Å². The maximum Gasteiger partial charge on any atom is 0.272 e. The van der Waals surface area contributed by atoms with E-state index >= 15 is 0 Å². The van der Waals surface area contributed by atoms with Gasteiger partial charge in [0.2, 0.25) is 5.91 Å². The highest BCUT2D eigenvalue weighted by molar-refractivity contribution is 5.92. The summed E-state index contributed by atoms with van der Waals surface area (Å²) in [6.07, 6.45) is 1.96. The molecule has 2 saturated heterocycles. The second-order valence-corrected chi connectivity index (χ2v) is 6.87. The first kappa shape index (κ1) is 16.7. The molecule has 6 nitrogen and oxygen atoms in total. The highest BCUT2D eigenvalue weighted by Crippen LogP contribution is 2.38. The Morgan fingerprint density at radius 1 is 1.19 bits per heavy atom. The van der Waals surface area contributed by atoms with Crippen LogP contribution in [0.5, 0.6) is 0 Å². The smallest absolute Gasteiger partial charge is 0.272 e. The Bertz CT molecular complexity index is 796. The molecule has 1 N–H and O–H groups in total. The number of rotatable bonds is 2. The zero-order valence-corrected chi connectivity index (χ0v) is 14.4. The summed E-state index contributed by atoms with van der Waals surface area (Å²) in [7, 11) is 0. The SMILES string of the molecule is O=C1CCOC[C@]2(CN(C(=O)c3ccccn3)C[C@H]2c2ccccc2)N1. The Morgan fingerprint density at radius 2 is 2.00 bits per heavy atom. The second-order valence-electron chi connectivity index (χ2n) is 6.87. The molecule has 2 atom stereocenters. The van der Waals surface area contributed by atoms with E-state index in [0.717, 1.165) is 5.56 Å². The fourth-order valence-electron chi connectivity index (χ4n) is 3.89. The number of pyridine rings is 1. The van der Waals surface area contributed by atoms with E-state index in [1.54, 1.807) is 29.3 Å². The molecule has 2 aromatic rings. The van der Waals surface area contributed by atoms with Crippen LogP contribution in [0.2, 0.25) is 0 Å². The third kappa shape index (κ3) is 3.08. The van der Waals surface area contributed by atoms with Crippen molar-refractivity contribution >= 4 is 11.8 Å². The molecule has 26 heavy (non-hydrogen) atoms. The average molecular weight is 351 g/mol. The number of carbonyl (C=O) groups excluding carboxylic acids is 2. The van der Waals surface area contributed by atoms with Crippen LogP contribution in [-0.4, -0.2) is 53.5 Å².